The van der Waals surface area contributed by atoms with Crippen LogP contribution in [0.1, 0.15) is 105 Å². The number of rotatable bonds is 7. The van der Waals surface area contributed by atoms with Crippen molar-refractivity contribution in [3.05, 3.63) is 35.9 Å². The van der Waals surface area contributed by atoms with Crippen LogP contribution < -0.4 is 5.32 Å². The number of nitrogens with zero attached hydrogens (tertiary/aromatic N) is 1. The van der Waals surface area contributed by atoms with Crippen molar-refractivity contribution in [1.82, 2.24) is 10.4 Å². The maximum atomic E-state index is 13.1. The molecule has 3 rings (SSSR count). The minimum absolute atomic E-state index is 0.0153. The molecule has 1 aromatic carbocycles. The molecule has 1 N–H and O–H groups in total. The Labute approximate surface area is 190 Å². The molecule has 174 valence electrons. The van der Waals surface area contributed by atoms with Crippen molar-refractivity contribution in [3.63, 3.8) is 0 Å². The maximum Gasteiger partial charge on any atom is 0.223 e. The number of hydrogen-bond acceptors (Lipinski definition) is 3. The summed E-state index contributed by atoms with van der Waals surface area (Å²) < 4.78 is 0. The van der Waals surface area contributed by atoms with Crippen molar-refractivity contribution >= 4 is 5.91 Å². The number of piperidine rings is 1. The van der Waals surface area contributed by atoms with E-state index in [0.717, 1.165) is 32.1 Å². The first-order chi connectivity index (χ1) is 14.7. The van der Waals surface area contributed by atoms with E-state index < -0.39 is 0 Å². The van der Waals surface area contributed by atoms with E-state index in [1.54, 1.807) is 0 Å². The van der Waals surface area contributed by atoms with Crippen LogP contribution in [0.3, 0.4) is 0 Å². The van der Waals surface area contributed by atoms with Crippen LogP contribution in [0.25, 0.3) is 0 Å². The molecular formula is C27H44N2O2. The van der Waals surface area contributed by atoms with E-state index in [1.165, 1.54) is 24.8 Å². The van der Waals surface area contributed by atoms with Crippen LogP contribution in [0.4, 0.5) is 0 Å². The number of hydrogen-bond donors (Lipinski definition) is 1. The molecule has 0 aromatic heterocycles. The van der Waals surface area contributed by atoms with E-state index in [2.05, 4.69) is 76.2 Å². The number of nitrogens with one attached hydrogen (secondary N) is 1. The zero-order valence-corrected chi connectivity index (χ0v) is 20.6. The van der Waals surface area contributed by atoms with Crippen molar-refractivity contribution in [2.24, 2.45) is 11.8 Å². The van der Waals surface area contributed by atoms with E-state index >= 15 is 0 Å². The number of carbonyl (C=O) groups excluding carboxylic acids is 1. The van der Waals surface area contributed by atoms with Crippen LogP contribution in [-0.2, 0) is 9.63 Å². The molecule has 0 spiro atoms. The fourth-order valence-corrected chi connectivity index (χ4v) is 5.75. The average Bonchev–Trinajstić information content (AvgIpc) is 2.81. The van der Waals surface area contributed by atoms with Crippen LogP contribution in [0.2, 0.25) is 0 Å². The maximum absolute atomic E-state index is 13.1. The third-order valence-electron chi connectivity index (χ3n) is 8.51. The van der Waals surface area contributed by atoms with Gasteiger partial charge >= 0.3 is 0 Å². The van der Waals surface area contributed by atoms with Gasteiger partial charge in [0.25, 0.3) is 0 Å². The van der Waals surface area contributed by atoms with Gasteiger partial charge in [-0.05, 0) is 64.4 Å². The second-order valence-electron chi connectivity index (χ2n) is 10.5. The van der Waals surface area contributed by atoms with Gasteiger partial charge in [0.05, 0.1) is 0 Å². The molecule has 2 fully saturated rings. The predicted octanol–water partition coefficient (Wildman–Crippen LogP) is 6.42. The van der Waals surface area contributed by atoms with Gasteiger partial charge in [-0.1, -0.05) is 70.4 Å². The summed E-state index contributed by atoms with van der Waals surface area (Å²) in [6, 6.07) is 10.6. The minimum Gasteiger partial charge on any atom is -0.353 e. The van der Waals surface area contributed by atoms with Crippen LogP contribution in [0.15, 0.2) is 30.3 Å². The summed E-state index contributed by atoms with van der Waals surface area (Å²) in [5.74, 6) is 0.780. The van der Waals surface area contributed by atoms with Gasteiger partial charge in [0, 0.05) is 23.0 Å². The number of hydroxylamine groups is 2. The van der Waals surface area contributed by atoms with Gasteiger partial charge in [0.2, 0.25) is 5.91 Å². The summed E-state index contributed by atoms with van der Waals surface area (Å²) in [5, 5.41) is 5.81. The number of benzene rings is 1. The highest BCUT2D eigenvalue weighted by Gasteiger charge is 2.54. The molecule has 31 heavy (non-hydrogen) atoms. The Morgan fingerprint density at radius 1 is 1.13 bits per heavy atom. The normalized spacial score (nSPS) is 33.7. The molecule has 4 heteroatoms. The molecule has 4 nitrogen and oxygen atoms in total. The molecule has 2 aliphatic rings. The molecule has 1 aromatic rings. The lowest BCUT2D eigenvalue weighted by atomic mass is 9.68. The lowest BCUT2D eigenvalue weighted by Crippen LogP contribution is -2.70. The predicted molar refractivity (Wildman–Crippen MR) is 127 cm³/mol. The van der Waals surface area contributed by atoms with Crippen LogP contribution >= 0.6 is 0 Å². The SMILES string of the molecule is CCC1(C)CC(NC(=O)C2CCCCC2)C(C)C(C)(CC)N1OC(C)c1ccccc1. The lowest BCUT2D eigenvalue weighted by Gasteiger charge is -2.60. The molecule has 1 aliphatic carbocycles. The zero-order valence-electron chi connectivity index (χ0n) is 20.6. The molecule has 0 radical (unpaired) electrons. The first-order valence-electron chi connectivity index (χ1n) is 12.6. The van der Waals surface area contributed by atoms with Gasteiger partial charge in [-0.15, -0.1) is 0 Å². The van der Waals surface area contributed by atoms with E-state index in [0.29, 0.717) is 5.92 Å². The minimum atomic E-state index is -0.156. The number of amides is 1. The van der Waals surface area contributed by atoms with Gasteiger partial charge in [-0.3, -0.25) is 9.63 Å². The Balaban J connectivity index is 1.82. The number of carbonyl (C=O) groups is 1. The summed E-state index contributed by atoms with van der Waals surface area (Å²) in [4.78, 5) is 19.8. The topological polar surface area (TPSA) is 41.6 Å². The highest BCUT2D eigenvalue weighted by molar-refractivity contribution is 5.79. The molecule has 0 bridgehead atoms. The van der Waals surface area contributed by atoms with E-state index in [9.17, 15) is 4.79 Å². The molecule has 1 saturated carbocycles. The fourth-order valence-electron chi connectivity index (χ4n) is 5.75. The smallest absolute Gasteiger partial charge is 0.223 e. The fraction of sp³-hybridized carbons (Fsp3) is 0.741. The molecule has 1 saturated heterocycles. The molecule has 1 amide bonds. The van der Waals surface area contributed by atoms with Crippen molar-refractivity contribution < 1.29 is 9.63 Å². The van der Waals surface area contributed by atoms with Gasteiger partial charge in [0.1, 0.15) is 6.10 Å². The summed E-state index contributed by atoms with van der Waals surface area (Å²) in [7, 11) is 0. The molecule has 5 atom stereocenters. The monoisotopic (exact) mass is 428 g/mol. The third kappa shape index (κ3) is 5.01. The van der Waals surface area contributed by atoms with Gasteiger partial charge < -0.3 is 5.32 Å². The van der Waals surface area contributed by atoms with E-state index in [4.69, 9.17) is 4.84 Å². The van der Waals surface area contributed by atoms with Gasteiger partial charge in [0.15, 0.2) is 0 Å². The summed E-state index contributed by atoms with van der Waals surface area (Å²) in [6.07, 6.45) is 8.61. The zero-order chi connectivity index (χ0) is 22.6. The second-order valence-corrected chi connectivity index (χ2v) is 10.5. The summed E-state index contributed by atoms with van der Waals surface area (Å²) in [6.45, 7) is 13.6. The summed E-state index contributed by atoms with van der Waals surface area (Å²) in [5.41, 5.74) is 0.904. The first-order valence-corrected chi connectivity index (χ1v) is 12.6. The van der Waals surface area contributed by atoms with Crippen LogP contribution in [0, 0.1) is 11.8 Å². The van der Waals surface area contributed by atoms with E-state index in [1.807, 2.05) is 6.07 Å². The Morgan fingerprint density at radius 3 is 2.35 bits per heavy atom. The van der Waals surface area contributed by atoms with Crippen molar-refractivity contribution in [2.45, 2.75) is 116 Å². The van der Waals surface area contributed by atoms with Crippen LogP contribution in [0.5, 0.6) is 0 Å². The Bertz CT molecular complexity index is 717. The Morgan fingerprint density at radius 2 is 1.77 bits per heavy atom. The summed E-state index contributed by atoms with van der Waals surface area (Å²) >= 11 is 0. The van der Waals surface area contributed by atoms with E-state index in [-0.39, 0.29) is 35.0 Å². The Hall–Kier alpha value is -1.39. The second kappa shape index (κ2) is 10.0. The molecular weight excluding hydrogens is 384 g/mol. The lowest BCUT2D eigenvalue weighted by molar-refractivity contribution is -0.327. The van der Waals surface area contributed by atoms with Crippen molar-refractivity contribution in [2.75, 3.05) is 0 Å². The molecule has 1 heterocycles. The molecule has 1 aliphatic heterocycles. The molecule has 5 unspecified atom stereocenters. The standard InChI is InChI=1S/C27H44N2O2/c1-7-26(5)19-24(28-25(30)23-17-13-10-14-18-23)20(3)27(6,8-2)29(26)31-21(4)22-15-11-9-12-16-22/h9,11-12,15-16,20-21,23-24H,7-8,10,13-14,17-19H2,1-6H3,(H,28,30). The van der Waals surface area contributed by atoms with Gasteiger partial charge in [-0.2, -0.15) is 5.06 Å². The highest BCUT2D eigenvalue weighted by Crippen LogP contribution is 2.47. The largest absolute Gasteiger partial charge is 0.353 e. The third-order valence-corrected chi connectivity index (χ3v) is 8.51. The van der Waals surface area contributed by atoms with Crippen molar-refractivity contribution in [3.8, 4) is 0 Å². The highest BCUT2D eigenvalue weighted by atomic mass is 16.7. The average molecular weight is 429 g/mol. The first kappa shape index (κ1) is 24.3. The van der Waals surface area contributed by atoms with Crippen molar-refractivity contribution in [1.29, 1.82) is 0 Å². The quantitative estimate of drug-likeness (QED) is 0.544. The Kier molecular flexibility index (Phi) is 7.86. The van der Waals surface area contributed by atoms with Gasteiger partial charge in [-0.25, -0.2) is 0 Å². The van der Waals surface area contributed by atoms with Crippen LogP contribution in [-0.4, -0.2) is 28.1 Å².